The van der Waals surface area contributed by atoms with Crippen molar-refractivity contribution in [3.63, 3.8) is 0 Å². The molecule has 2 aromatic carbocycles. The van der Waals surface area contributed by atoms with Gasteiger partial charge >= 0.3 is 0 Å². The van der Waals surface area contributed by atoms with Gasteiger partial charge in [-0.3, -0.25) is 4.79 Å². The first-order valence-corrected chi connectivity index (χ1v) is 7.90. The molecule has 0 unspecified atom stereocenters. The summed E-state index contributed by atoms with van der Waals surface area (Å²) in [7, 11) is 1.60. The number of nitrogens with one attached hydrogen (secondary N) is 1. The van der Waals surface area contributed by atoms with E-state index in [0.717, 1.165) is 11.3 Å². The van der Waals surface area contributed by atoms with Crippen molar-refractivity contribution in [2.45, 2.75) is 32.4 Å². The summed E-state index contributed by atoms with van der Waals surface area (Å²) in [6, 6.07) is 13.3. The maximum absolute atomic E-state index is 13.7. The van der Waals surface area contributed by atoms with Crippen LogP contribution in [0.25, 0.3) is 0 Å². The van der Waals surface area contributed by atoms with Gasteiger partial charge in [0.1, 0.15) is 5.75 Å². The molecule has 0 aliphatic heterocycles. The van der Waals surface area contributed by atoms with Crippen molar-refractivity contribution in [1.82, 2.24) is 5.32 Å². The highest BCUT2D eigenvalue weighted by molar-refractivity contribution is 5.81. The lowest BCUT2D eigenvalue weighted by Gasteiger charge is -2.21. The molecule has 2 aromatic rings. The van der Waals surface area contributed by atoms with Gasteiger partial charge < -0.3 is 14.8 Å². The molecule has 0 radical (unpaired) electrons. The quantitative estimate of drug-likeness (QED) is 0.838. The van der Waals surface area contributed by atoms with Crippen LogP contribution in [0.5, 0.6) is 11.5 Å². The molecule has 0 fully saturated rings. The minimum absolute atomic E-state index is 0.0802. The summed E-state index contributed by atoms with van der Waals surface area (Å²) in [5, 5.41) is 2.90. The van der Waals surface area contributed by atoms with Crippen LogP contribution < -0.4 is 14.8 Å². The van der Waals surface area contributed by atoms with Gasteiger partial charge in [0.15, 0.2) is 17.7 Å². The van der Waals surface area contributed by atoms with E-state index < -0.39 is 11.9 Å². The minimum atomic E-state index is -0.748. The molecule has 1 amide bonds. The number of amides is 1. The van der Waals surface area contributed by atoms with E-state index in [4.69, 9.17) is 9.47 Å². The van der Waals surface area contributed by atoms with Gasteiger partial charge in [-0.05, 0) is 43.2 Å². The molecule has 0 spiro atoms. The highest BCUT2D eigenvalue weighted by Crippen LogP contribution is 2.20. The molecule has 128 valence electrons. The number of hydrogen-bond acceptors (Lipinski definition) is 3. The molecule has 0 aromatic heterocycles. The zero-order valence-corrected chi connectivity index (χ0v) is 14.1. The van der Waals surface area contributed by atoms with Crippen molar-refractivity contribution in [2.24, 2.45) is 0 Å². The Hall–Kier alpha value is -2.56. The highest BCUT2D eigenvalue weighted by atomic mass is 19.1. The number of rotatable bonds is 7. The fourth-order valence-electron chi connectivity index (χ4n) is 2.30. The van der Waals surface area contributed by atoms with Gasteiger partial charge in [-0.2, -0.15) is 0 Å². The second kappa shape index (κ2) is 8.34. The standard InChI is InChI=1S/C19H22FNO3/c1-4-17(24-18-8-6-5-7-16(18)20)19(22)21-13(2)14-9-11-15(23-3)12-10-14/h5-13,17H,4H2,1-3H3,(H,21,22)/t13-,17-/m1/s1. The molecule has 0 saturated carbocycles. The average molecular weight is 331 g/mol. The van der Waals surface area contributed by atoms with Gasteiger partial charge in [0.2, 0.25) is 0 Å². The van der Waals surface area contributed by atoms with Crippen molar-refractivity contribution in [2.75, 3.05) is 7.11 Å². The molecule has 0 bridgehead atoms. The molecule has 24 heavy (non-hydrogen) atoms. The molecule has 0 aliphatic rings. The van der Waals surface area contributed by atoms with Crippen molar-refractivity contribution in [3.8, 4) is 11.5 Å². The molecular formula is C19H22FNO3. The van der Waals surface area contributed by atoms with Crippen LogP contribution in [0.15, 0.2) is 48.5 Å². The second-order valence-corrected chi connectivity index (χ2v) is 5.45. The number of ether oxygens (including phenoxy) is 2. The minimum Gasteiger partial charge on any atom is -0.497 e. The lowest BCUT2D eigenvalue weighted by Crippen LogP contribution is -2.39. The molecule has 0 aliphatic carbocycles. The first kappa shape index (κ1) is 17.8. The predicted octanol–water partition coefficient (Wildman–Crippen LogP) is 3.87. The van der Waals surface area contributed by atoms with Gasteiger partial charge in [-0.1, -0.05) is 31.2 Å². The first-order chi connectivity index (χ1) is 11.5. The molecule has 1 N–H and O–H groups in total. The van der Waals surface area contributed by atoms with Gasteiger partial charge in [-0.15, -0.1) is 0 Å². The lowest BCUT2D eigenvalue weighted by atomic mass is 10.1. The SMILES string of the molecule is CC[C@@H](Oc1ccccc1F)C(=O)N[C@H](C)c1ccc(OC)cc1. The van der Waals surface area contributed by atoms with E-state index >= 15 is 0 Å². The number of carbonyl (C=O) groups excluding carboxylic acids is 1. The van der Waals surface area contributed by atoms with E-state index in [1.54, 1.807) is 19.2 Å². The summed E-state index contributed by atoms with van der Waals surface area (Å²) < 4.78 is 24.3. The Labute approximate surface area is 141 Å². The Morgan fingerprint density at radius 2 is 1.83 bits per heavy atom. The van der Waals surface area contributed by atoms with Crippen LogP contribution in [-0.2, 0) is 4.79 Å². The topological polar surface area (TPSA) is 47.6 Å². The van der Waals surface area contributed by atoms with Crippen LogP contribution in [0, 0.1) is 5.82 Å². The molecule has 0 heterocycles. The zero-order chi connectivity index (χ0) is 17.5. The maximum Gasteiger partial charge on any atom is 0.261 e. The molecule has 0 saturated heterocycles. The second-order valence-electron chi connectivity index (χ2n) is 5.45. The Bertz CT molecular complexity index is 673. The molecule has 4 nitrogen and oxygen atoms in total. The smallest absolute Gasteiger partial charge is 0.261 e. The van der Waals surface area contributed by atoms with Crippen LogP contribution in [0.4, 0.5) is 4.39 Å². The molecular weight excluding hydrogens is 309 g/mol. The number of halogens is 1. The van der Waals surface area contributed by atoms with Crippen molar-refractivity contribution in [1.29, 1.82) is 0 Å². The summed E-state index contributed by atoms with van der Waals surface area (Å²) >= 11 is 0. The van der Waals surface area contributed by atoms with Crippen LogP contribution in [0.2, 0.25) is 0 Å². The van der Waals surface area contributed by atoms with E-state index in [1.807, 2.05) is 38.1 Å². The third kappa shape index (κ3) is 4.47. The van der Waals surface area contributed by atoms with Crippen molar-refractivity contribution >= 4 is 5.91 Å². The summed E-state index contributed by atoms with van der Waals surface area (Å²) in [6.45, 7) is 3.71. The first-order valence-electron chi connectivity index (χ1n) is 7.90. The average Bonchev–Trinajstić information content (AvgIpc) is 2.61. The van der Waals surface area contributed by atoms with Crippen LogP contribution >= 0.6 is 0 Å². The van der Waals surface area contributed by atoms with E-state index in [2.05, 4.69) is 5.32 Å². The monoisotopic (exact) mass is 331 g/mol. The molecule has 5 heteroatoms. The van der Waals surface area contributed by atoms with Gasteiger partial charge in [0.05, 0.1) is 13.2 Å². The van der Waals surface area contributed by atoms with E-state index in [0.29, 0.717) is 6.42 Å². The van der Waals surface area contributed by atoms with E-state index in [-0.39, 0.29) is 17.7 Å². The van der Waals surface area contributed by atoms with Crippen LogP contribution in [0.3, 0.4) is 0 Å². The third-order valence-corrected chi connectivity index (χ3v) is 3.74. The van der Waals surface area contributed by atoms with Crippen molar-refractivity contribution in [3.05, 3.63) is 59.9 Å². The summed E-state index contributed by atoms with van der Waals surface area (Å²) in [5.41, 5.74) is 0.949. The van der Waals surface area contributed by atoms with Gasteiger partial charge in [0, 0.05) is 0 Å². The van der Waals surface area contributed by atoms with E-state index in [1.165, 1.54) is 12.1 Å². The summed E-state index contributed by atoms with van der Waals surface area (Å²) in [4.78, 5) is 12.4. The lowest BCUT2D eigenvalue weighted by molar-refractivity contribution is -0.128. The number of para-hydroxylation sites is 1. The Balaban J connectivity index is 2.01. The fourth-order valence-corrected chi connectivity index (χ4v) is 2.30. The fraction of sp³-hybridized carbons (Fsp3) is 0.316. The van der Waals surface area contributed by atoms with E-state index in [9.17, 15) is 9.18 Å². The largest absolute Gasteiger partial charge is 0.497 e. The van der Waals surface area contributed by atoms with Crippen molar-refractivity contribution < 1.29 is 18.7 Å². The normalized spacial score (nSPS) is 13.0. The number of benzene rings is 2. The third-order valence-electron chi connectivity index (χ3n) is 3.74. The molecule has 2 rings (SSSR count). The Kier molecular flexibility index (Phi) is 6.18. The van der Waals surface area contributed by atoms with Crippen LogP contribution in [0.1, 0.15) is 31.9 Å². The number of hydrogen-bond donors (Lipinski definition) is 1. The number of carbonyl (C=O) groups is 1. The highest BCUT2D eigenvalue weighted by Gasteiger charge is 2.21. The van der Waals surface area contributed by atoms with Crippen LogP contribution in [-0.4, -0.2) is 19.1 Å². The predicted molar refractivity (Wildman–Crippen MR) is 90.7 cm³/mol. The summed E-state index contributed by atoms with van der Waals surface area (Å²) in [5.74, 6) is 0.0826. The summed E-state index contributed by atoms with van der Waals surface area (Å²) in [6.07, 6.45) is -0.308. The van der Waals surface area contributed by atoms with Gasteiger partial charge in [0.25, 0.3) is 5.91 Å². The maximum atomic E-state index is 13.7. The molecule has 2 atom stereocenters. The number of methoxy groups -OCH3 is 1. The zero-order valence-electron chi connectivity index (χ0n) is 14.1. The Morgan fingerprint density at radius 1 is 1.17 bits per heavy atom. The van der Waals surface area contributed by atoms with Gasteiger partial charge in [-0.25, -0.2) is 4.39 Å². The Morgan fingerprint density at radius 3 is 2.42 bits per heavy atom.